The highest BCUT2D eigenvalue weighted by molar-refractivity contribution is 5.94. The molecule has 0 radical (unpaired) electrons. The monoisotopic (exact) mass is 531 g/mol. The van der Waals surface area contributed by atoms with Gasteiger partial charge in [0.05, 0.1) is 6.04 Å². The third-order valence-electron chi connectivity index (χ3n) is 6.36. The van der Waals surface area contributed by atoms with Gasteiger partial charge in [-0.2, -0.15) is 0 Å². The van der Waals surface area contributed by atoms with Gasteiger partial charge >= 0.3 is 5.97 Å². The van der Waals surface area contributed by atoms with E-state index in [-0.39, 0.29) is 24.7 Å². The lowest BCUT2D eigenvalue weighted by Gasteiger charge is -2.30. The first kappa shape index (κ1) is 30.6. The second-order valence-corrected chi connectivity index (χ2v) is 10.0. The van der Waals surface area contributed by atoms with E-state index in [0.29, 0.717) is 38.8 Å². The Bertz CT molecular complexity index is 981. The van der Waals surface area contributed by atoms with Gasteiger partial charge in [0.1, 0.15) is 18.1 Å². The average molecular weight is 532 g/mol. The van der Waals surface area contributed by atoms with Gasteiger partial charge in [0, 0.05) is 19.5 Å². The third kappa shape index (κ3) is 9.66. The number of carbonyl (C=O) groups is 4. The second-order valence-electron chi connectivity index (χ2n) is 10.0. The maximum atomic E-state index is 13.7. The van der Waals surface area contributed by atoms with Crippen molar-refractivity contribution in [2.75, 3.05) is 13.1 Å². The van der Waals surface area contributed by atoms with Crippen LogP contribution in [-0.4, -0.2) is 76.9 Å². The van der Waals surface area contributed by atoms with Crippen LogP contribution < -0.4 is 27.8 Å². The molecule has 0 aliphatic carbocycles. The summed E-state index contributed by atoms with van der Waals surface area (Å²) in [7, 11) is 0. The largest absolute Gasteiger partial charge is 0.480 e. The predicted molar refractivity (Wildman–Crippen MR) is 144 cm³/mol. The summed E-state index contributed by atoms with van der Waals surface area (Å²) in [6.07, 6.45) is 2.27. The zero-order valence-electron chi connectivity index (χ0n) is 22.1. The molecule has 9 N–H and O–H groups in total. The number of nitrogens with zero attached hydrogens (tertiary/aromatic N) is 2. The third-order valence-corrected chi connectivity index (χ3v) is 6.36. The highest BCUT2D eigenvalue weighted by Gasteiger charge is 2.39. The van der Waals surface area contributed by atoms with E-state index in [1.165, 1.54) is 4.90 Å². The van der Waals surface area contributed by atoms with E-state index in [0.717, 1.165) is 5.56 Å². The van der Waals surface area contributed by atoms with E-state index in [9.17, 15) is 24.3 Å². The summed E-state index contributed by atoms with van der Waals surface area (Å²) < 4.78 is 0. The molecule has 1 saturated heterocycles. The molecular formula is C26H41N7O5. The molecular weight excluding hydrogens is 490 g/mol. The van der Waals surface area contributed by atoms with Crippen molar-refractivity contribution >= 4 is 29.7 Å². The fourth-order valence-corrected chi connectivity index (χ4v) is 4.44. The molecule has 1 aliphatic heterocycles. The van der Waals surface area contributed by atoms with Crippen LogP contribution in [0.25, 0.3) is 0 Å². The molecule has 3 amide bonds. The Morgan fingerprint density at radius 2 is 1.79 bits per heavy atom. The van der Waals surface area contributed by atoms with Gasteiger partial charge in [-0.15, -0.1) is 0 Å². The van der Waals surface area contributed by atoms with Gasteiger partial charge in [-0.3, -0.25) is 19.4 Å². The lowest BCUT2D eigenvalue weighted by atomic mass is 10.0. The first-order chi connectivity index (χ1) is 18.0. The van der Waals surface area contributed by atoms with Crippen molar-refractivity contribution < 1.29 is 24.3 Å². The molecule has 210 valence electrons. The van der Waals surface area contributed by atoms with Crippen molar-refractivity contribution in [2.45, 2.75) is 76.5 Å². The fraction of sp³-hybridized carbons (Fsp3) is 0.577. The van der Waals surface area contributed by atoms with Crippen molar-refractivity contribution in [3.8, 4) is 0 Å². The molecule has 4 unspecified atom stereocenters. The van der Waals surface area contributed by atoms with Crippen LogP contribution in [0.4, 0.5) is 0 Å². The molecule has 0 spiro atoms. The smallest absolute Gasteiger partial charge is 0.326 e. The summed E-state index contributed by atoms with van der Waals surface area (Å²) >= 11 is 0. The number of likely N-dealkylation sites (tertiary alicyclic amines) is 1. The van der Waals surface area contributed by atoms with Gasteiger partial charge in [0.15, 0.2) is 5.96 Å². The number of carboxylic acids is 1. The Morgan fingerprint density at radius 3 is 2.39 bits per heavy atom. The predicted octanol–water partition coefficient (Wildman–Crippen LogP) is -0.299. The minimum absolute atomic E-state index is 0.0420. The number of guanidine groups is 1. The number of nitrogens with two attached hydrogens (primary N) is 3. The minimum atomic E-state index is -1.12. The number of rotatable bonds is 14. The number of nitrogens with one attached hydrogen (secondary N) is 2. The molecule has 2 rings (SSSR count). The van der Waals surface area contributed by atoms with Gasteiger partial charge in [-0.05, 0) is 43.6 Å². The van der Waals surface area contributed by atoms with Crippen molar-refractivity contribution in [3.63, 3.8) is 0 Å². The van der Waals surface area contributed by atoms with Gasteiger partial charge < -0.3 is 37.8 Å². The van der Waals surface area contributed by atoms with Crippen LogP contribution in [0.2, 0.25) is 0 Å². The summed E-state index contributed by atoms with van der Waals surface area (Å²) in [6.45, 7) is 4.39. The minimum Gasteiger partial charge on any atom is -0.480 e. The molecule has 1 aromatic rings. The zero-order valence-corrected chi connectivity index (χ0v) is 22.1. The lowest BCUT2D eigenvalue weighted by Crippen LogP contribution is -2.57. The average Bonchev–Trinajstić information content (AvgIpc) is 3.35. The van der Waals surface area contributed by atoms with Crippen molar-refractivity contribution in [1.82, 2.24) is 15.5 Å². The van der Waals surface area contributed by atoms with Crippen LogP contribution in [0.3, 0.4) is 0 Å². The quantitative estimate of drug-likeness (QED) is 0.106. The number of carboxylic acid groups (broad SMARTS) is 1. The Kier molecular flexibility index (Phi) is 12.0. The summed E-state index contributed by atoms with van der Waals surface area (Å²) in [5, 5.41) is 14.9. The first-order valence-corrected chi connectivity index (χ1v) is 13.0. The summed E-state index contributed by atoms with van der Waals surface area (Å²) in [6, 6.07) is 5.52. The maximum absolute atomic E-state index is 13.7. The molecule has 0 aromatic heterocycles. The molecule has 1 aromatic carbocycles. The Balaban J connectivity index is 2.15. The molecule has 1 heterocycles. The highest BCUT2D eigenvalue weighted by atomic mass is 16.4. The second kappa shape index (κ2) is 14.9. The molecule has 0 bridgehead atoms. The van der Waals surface area contributed by atoms with E-state index in [2.05, 4.69) is 15.6 Å². The number of benzene rings is 1. The van der Waals surface area contributed by atoms with Crippen molar-refractivity contribution in [2.24, 2.45) is 28.1 Å². The zero-order chi connectivity index (χ0) is 28.2. The maximum Gasteiger partial charge on any atom is 0.326 e. The number of aliphatic carboxylic acids is 1. The van der Waals surface area contributed by atoms with Crippen molar-refractivity contribution in [3.05, 3.63) is 35.9 Å². The number of hydrogen-bond acceptors (Lipinski definition) is 6. The highest BCUT2D eigenvalue weighted by Crippen LogP contribution is 2.20. The van der Waals surface area contributed by atoms with Crippen LogP contribution in [0.1, 0.15) is 51.5 Å². The van der Waals surface area contributed by atoms with E-state index < -0.39 is 47.9 Å². The molecule has 1 fully saturated rings. The Morgan fingerprint density at radius 1 is 1.11 bits per heavy atom. The van der Waals surface area contributed by atoms with Crippen LogP contribution in [-0.2, 0) is 25.6 Å². The van der Waals surface area contributed by atoms with Crippen LogP contribution in [0, 0.1) is 5.92 Å². The van der Waals surface area contributed by atoms with Gasteiger partial charge in [-0.25, -0.2) is 4.79 Å². The molecule has 12 nitrogen and oxygen atoms in total. The van der Waals surface area contributed by atoms with Gasteiger partial charge in [0.25, 0.3) is 0 Å². The van der Waals surface area contributed by atoms with Crippen LogP contribution >= 0.6 is 0 Å². The standard InChI is InChI=1S/C26H41N7O5/c1-16(2)14-20(25(37)38)32-23(35)21-11-7-13-33(21)24(36)19(15-17-8-4-3-5-9-17)31-22(34)18(27)10-6-12-30-26(28)29/h3-5,8-9,16,18-21H,6-7,10-15,27H2,1-2H3,(H,31,34)(H,32,35)(H,37,38)(H4,28,29,30). The van der Waals surface area contributed by atoms with Crippen LogP contribution in [0.15, 0.2) is 35.3 Å². The first-order valence-electron chi connectivity index (χ1n) is 13.0. The summed E-state index contributed by atoms with van der Waals surface area (Å²) in [5.41, 5.74) is 17.5. The fourth-order valence-electron chi connectivity index (χ4n) is 4.44. The topological polar surface area (TPSA) is 206 Å². The number of hydrogen-bond donors (Lipinski definition) is 6. The molecule has 0 saturated carbocycles. The van der Waals surface area contributed by atoms with Crippen LogP contribution in [0.5, 0.6) is 0 Å². The van der Waals surface area contributed by atoms with Gasteiger partial charge in [-0.1, -0.05) is 44.2 Å². The molecule has 4 atom stereocenters. The van der Waals surface area contributed by atoms with Gasteiger partial charge in [0.2, 0.25) is 17.7 Å². The Hall–Kier alpha value is -3.67. The SMILES string of the molecule is CC(C)CC(NC(=O)C1CCCN1C(=O)C(Cc1ccccc1)NC(=O)C(N)CCCN=C(N)N)C(=O)O. The van der Waals surface area contributed by atoms with Crippen molar-refractivity contribution in [1.29, 1.82) is 0 Å². The van der Waals surface area contributed by atoms with E-state index in [4.69, 9.17) is 17.2 Å². The Labute approximate surface area is 223 Å². The molecule has 12 heteroatoms. The molecule has 1 aliphatic rings. The van der Waals surface area contributed by atoms with E-state index in [1.54, 1.807) is 0 Å². The normalized spacial score (nSPS) is 17.4. The summed E-state index contributed by atoms with van der Waals surface area (Å²) in [5.74, 6) is -2.52. The number of aliphatic imine (C=N–C) groups is 1. The van der Waals surface area contributed by atoms with E-state index >= 15 is 0 Å². The number of carbonyl (C=O) groups excluding carboxylic acids is 3. The van der Waals surface area contributed by atoms with E-state index in [1.807, 2.05) is 44.2 Å². The number of amides is 3. The molecule has 38 heavy (non-hydrogen) atoms. The summed E-state index contributed by atoms with van der Waals surface area (Å²) in [4.78, 5) is 56.6. The lowest BCUT2D eigenvalue weighted by molar-refractivity contribution is -0.145.